The van der Waals surface area contributed by atoms with E-state index in [1.54, 1.807) is 31.2 Å². The van der Waals surface area contributed by atoms with E-state index >= 15 is 0 Å². The van der Waals surface area contributed by atoms with E-state index in [1.807, 2.05) is 18.2 Å². The Labute approximate surface area is 142 Å². The van der Waals surface area contributed by atoms with E-state index in [1.165, 1.54) is 6.07 Å². The van der Waals surface area contributed by atoms with Crippen LogP contribution in [0.25, 0.3) is 33.3 Å². The van der Waals surface area contributed by atoms with Crippen LogP contribution in [0.5, 0.6) is 0 Å². The summed E-state index contributed by atoms with van der Waals surface area (Å²) in [6.45, 7) is 1.61. The van der Waals surface area contributed by atoms with Crippen molar-refractivity contribution in [2.45, 2.75) is 13.0 Å². The summed E-state index contributed by atoms with van der Waals surface area (Å²) >= 11 is 0. The zero-order valence-electron chi connectivity index (χ0n) is 13.4. The molecule has 0 saturated heterocycles. The van der Waals surface area contributed by atoms with Crippen molar-refractivity contribution in [3.8, 4) is 11.5 Å². The molecular formula is C19H15N3O3. The topological polar surface area (TPSA) is 98.2 Å². The lowest BCUT2D eigenvalue weighted by Gasteiger charge is -2.11. The summed E-state index contributed by atoms with van der Waals surface area (Å²) in [5.41, 5.74) is 7.74. The average Bonchev–Trinajstić information content (AvgIpc) is 2.60. The summed E-state index contributed by atoms with van der Waals surface area (Å²) in [7, 11) is 0. The predicted molar refractivity (Wildman–Crippen MR) is 96.7 cm³/mol. The summed E-state index contributed by atoms with van der Waals surface area (Å²) < 4.78 is 5.87. The Morgan fingerprint density at radius 2 is 1.92 bits per heavy atom. The molecule has 2 aromatic rings. The summed E-state index contributed by atoms with van der Waals surface area (Å²) in [5.74, 6) is 0.118. The average molecular weight is 333 g/mol. The monoisotopic (exact) mass is 333 g/mol. The van der Waals surface area contributed by atoms with Crippen LogP contribution in [-0.4, -0.2) is 16.9 Å². The molecule has 1 amide bonds. The zero-order valence-corrected chi connectivity index (χ0v) is 13.4. The molecule has 2 aliphatic rings. The molecule has 1 atom stereocenters. The molecule has 0 aromatic heterocycles. The lowest BCUT2D eigenvalue weighted by atomic mass is 10.0. The molecule has 2 aromatic carbocycles. The second kappa shape index (κ2) is 5.68. The van der Waals surface area contributed by atoms with Crippen LogP contribution < -0.4 is 16.5 Å². The summed E-state index contributed by atoms with van der Waals surface area (Å²) in [6, 6.07) is 13.3. The molecule has 4 rings (SSSR count). The molecule has 0 unspecified atom stereocenters. The van der Waals surface area contributed by atoms with Crippen LogP contribution in [0.2, 0.25) is 0 Å². The highest BCUT2D eigenvalue weighted by Crippen LogP contribution is 2.30. The van der Waals surface area contributed by atoms with Crippen LogP contribution in [0.3, 0.4) is 0 Å². The normalized spacial score (nSPS) is 12.6. The number of hydrogen-bond acceptors (Lipinski definition) is 5. The van der Waals surface area contributed by atoms with Gasteiger partial charge in [0.05, 0.1) is 6.04 Å². The lowest BCUT2D eigenvalue weighted by Crippen LogP contribution is -2.32. The van der Waals surface area contributed by atoms with Gasteiger partial charge in [-0.2, -0.15) is 0 Å². The molecule has 1 heterocycles. The molecule has 0 fully saturated rings. The van der Waals surface area contributed by atoms with E-state index in [2.05, 4.69) is 10.3 Å². The molecule has 0 saturated carbocycles. The number of hydrogen-bond donors (Lipinski definition) is 2. The Kier molecular flexibility index (Phi) is 3.47. The number of anilines is 1. The van der Waals surface area contributed by atoms with Gasteiger partial charge < -0.3 is 15.5 Å². The third kappa shape index (κ3) is 2.62. The molecule has 0 radical (unpaired) electrons. The number of carbonyl (C=O) groups is 1. The fourth-order valence-corrected chi connectivity index (χ4v) is 2.76. The van der Waals surface area contributed by atoms with Crippen LogP contribution in [0.1, 0.15) is 6.92 Å². The Hall–Kier alpha value is -3.25. The Morgan fingerprint density at radius 3 is 2.68 bits per heavy atom. The highest BCUT2D eigenvalue weighted by molar-refractivity contribution is 5.98. The van der Waals surface area contributed by atoms with Gasteiger partial charge in [-0.05, 0) is 19.1 Å². The highest BCUT2D eigenvalue weighted by atomic mass is 16.3. The van der Waals surface area contributed by atoms with Gasteiger partial charge in [-0.15, -0.1) is 0 Å². The zero-order chi connectivity index (χ0) is 17.6. The van der Waals surface area contributed by atoms with Gasteiger partial charge in [0.15, 0.2) is 16.8 Å². The summed E-state index contributed by atoms with van der Waals surface area (Å²) in [5, 5.41) is 4.07. The van der Waals surface area contributed by atoms with Crippen molar-refractivity contribution in [1.29, 1.82) is 0 Å². The Balaban J connectivity index is 1.92. The number of rotatable bonds is 2. The lowest BCUT2D eigenvalue weighted by molar-refractivity contribution is -0.117. The number of amides is 1. The van der Waals surface area contributed by atoms with E-state index in [4.69, 9.17) is 10.2 Å². The molecule has 124 valence electrons. The third-order valence-electron chi connectivity index (χ3n) is 4.04. The minimum absolute atomic E-state index is 0.116. The first-order valence-electron chi connectivity index (χ1n) is 7.86. The third-order valence-corrected chi connectivity index (χ3v) is 4.04. The van der Waals surface area contributed by atoms with Crippen LogP contribution >= 0.6 is 0 Å². The molecule has 1 aliphatic heterocycles. The van der Waals surface area contributed by atoms with Crippen molar-refractivity contribution >= 4 is 33.5 Å². The van der Waals surface area contributed by atoms with Crippen LogP contribution in [0, 0.1) is 0 Å². The first kappa shape index (κ1) is 15.3. The molecule has 25 heavy (non-hydrogen) atoms. The number of carbonyl (C=O) groups excluding carboxylic acids is 1. The van der Waals surface area contributed by atoms with Gasteiger partial charge >= 0.3 is 0 Å². The van der Waals surface area contributed by atoms with Gasteiger partial charge in [-0.1, -0.05) is 24.3 Å². The maximum absolute atomic E-state index is 12.3. The van der Waals surface area contributed by atoms with Crippen molar-refractivity contribution in [2.24, 2.45) is 5.73 Å². The van der Waals surface area contributed by atoms with E-state index < -0.39 is 6.04 Å². The Bertz CT molecular complexity index is 1150. The minimum atomic E-state index is -0.614. The number of benzene rings is 3. The van der Waals surface area contributed by atoms with E-state index in [0.29, 0.717) is 33.6 Å². The van der Waals surface area contributed by atoms with Crippen molar-refractivity contribution < 1.29 is 9.21 Å². The van der Waals surface area contributed by atoms with Gasteiger partial charge in [0.25, 0.3) is 0 Å². The fourth-order valence-electron chi connectivity index (χ4n) is 2.76. The van der Waals surface area contributed by atoms with Crippen LogP contribution in [0.4, 0.5) is 5.69 Å². The van der Waals surface area contributed by atoms with Gasteiger partial charge in [-0.25, -0.2) is 4.98 Å². The molecule has 6 heteroatoms. The molecular weight excluding hydrogens is 318 g/mol. The number of nitrogens with two attached hydrogens (primary N) is 1. The van der Waals surface area contributed by atoms with Gasteiger partial charge in [-0.3, -0.25) is 9.59 Å². The largest absolute Gasteiger partial charge is 0.453 e. The smallest absolute Gasteiger partial charge is 0.241 e. The van der Waals surface area contributed by atoms with E-state index in [9.17, 15) is 9.59 Å². The second-order valence-corrected chi connectivity index (χ2v) is 5.94. The maximum atomic E-state index is 12.3. The van der Waals surface area contributed by atoms with Gasteiger partial charge in [0, 0.05) is 28.6 Å². The number of nitrogens with one attached hydrogen (secondary N) is 1. The SMILES string of the molecule is C[C@H](N)C(=O)Nc1ccc2nc3c4ccccc4c(=O)cc-3oc2c1. The Morgan fingerprint density at radius 1 is 1.16 bits per heavy atom. The van der Waals surface area contributed by atoms with Crippen LogP contribution in [-0.2, 0) is 4.79 Å². The number of fused-ring (bicyclic) bond motifs is 4. The first-order valence-corrected chi connectivity index (χ1v) is 7.86. The van der Waals surface area contributed by atoms with Crippen molar-refractivity contribution in [1.82, 2.24) is 4.98 Å². The standard InChI is InChI=1S/C19H15N3O3/c1-10(20)19(24)21-11-6-7-14-16(8-11)25-17-9-15(23)12-4-2-3-5-13(12)18(17)22-14/h2-10H,20H2,1H3,(H,21,24)/t10-/m0/s1. The van der Waals surface area contributed by atoms with Crippen LogP contribution in [0.15, 0.2) is 57.7 Å². The molecule has 0 spiro atoms. The molecule has 0 bridgehead atoms. The first-order chi connectivity index (χ1) is 12.0. The summed E-state index contributed by atoms with van der Waals surface area (Å²) in [4.78, 5) is 28.6. The minimum Gasteiger partial charge on any atom is -0.453 e. The quantitative estimate of drug-likeness (QED) is 0.434. The predicted octanol–water partition coefficient (Wildman–Crippen LogP) is 2.73. The van der Waals surface area contributed by atoms with Crippen molar-refractivity contribution in [3.63, 3.8) is 0 Å². The molecule has 1 aliphatic carbocycles. The second-order valence-electron chi connectivity index (χ2n) is 5.94. The number of nitrogens with zero attached hydrogens (tertiary/aromatic N) is 1. The maximum Gasteiger partial charge on any atom is 0.241 e. The summed E-state index contributed by atoms with van der Waals surface area (Å²) in [6.07, 6.45) is 0. The van der Waals surface area contributed by atoms with E-state index in [0.717, 1.165) is 5.39 Å². The molecule has 6 nitrogen and oxygen atoms in total. The van der Waals surface area contributed by atoms with Gasteiger partial charge in [0.2, 0.25) is 5.91 Å². The number of aromatic nitrogens is 1. The van der Waals surface area contributed by atoms with E-state index in [-0.39, 0.29) is 11.3 Å². The molecule has 3 N–H and O–H groups in total. The van der Waals surface area contributed by atoms with Gasteiger partial charge in [0.1, 0.15) is 11.2 Å². The highest BCUT2D eigenvalue weighted by Gasteiger charge is 2.16. The fraction of sp³-hybridized carbons (Fsp3) is 0.105. The van der Waals surface area contributed by atoms with Crippen molar-refractivity contribution in [2.75, 3.05) is 5.32 Å². The van der Waals surface area contributed by atoms with Crippen molar-refractivity contribution in [3.05, 3.63) is 58.8 Å².